The van der Waals surface area contributed by atoms with Gasteiger partial charge in [-0.2, -0.15) is 0 Å². The molecule has 0 radical (unpaired) electrons. The molecule has 0 unspecified atom stereocenters. The maximum absolute atomic E-state index is 6.10. The average Bonchev–Trinajstić information content (AvgIpc) is 2.66. The van der Waals surface area contributed by atoms with Gasteiger partial charge in [-0.05, 0) is 77.7 Å². The first-order valence-corrected chi connectivity index (χ1v) is 15.1. The molecule has 0 aromatic carbocycles. The van der Waals surface area contributed by atoms with Crippen molar-refractivity contribution in [1.29, 1.82) is 0 Å². The first-order valence-electron chi connectivity index (χ1n) is 12.0. The highest BCUT2D eigenvalue weighted by Crippen LogP contribution is 2.34. The number of hydrogen-bond donors (Lipinski definition) is 0. The van der Waals surface area contributed by atoms with E-state index < -0.39 is 8.32 Å². The summed E-state index contributed by atoms with van der Waals surface area (Å²) in [6.07, 6.45) is 3.69. The van der Waals surface area contributed by atoms with E-state index in [-0.39, 0.29) is 5.41 Å². The van der Waals surface area contributed by atoms with Gasteiger partial charge in [-0.15, -0.1) is 0 Å². The normalized spacial score (nSPS) is 13.3. The molecular weight excluding hydrogens is 362 g/mol. The van der Waals surface area contributed by atoms with Crippen LogP contribution in [0.15, 0.2) is 0 Å². The Morgan fingerprint density at radius 2 is 0.964 bits per heavy atom. The van der Waals surface area contributed by atoms with Crippen molar-refractivity contribution in [3.05, 3.63) is 0 Å². The third-order valence-electron chi connectivity index (χ3n) is 5.99. The molecule has 0 aromatic heterocycles. The third kappa shape index (κ3) is 10.7. The van der Waals surface area contributed by atoms with Gasteiger partial charge in [0, 0.05) is 32.2 Å². The molecule has 0 N–H and O–H groups in total. The summed E-state index contributed by atoms with van der Waals surface area (Å²) < 4.78 is 6.10. The Kier molecular flexibility index (Phi) is 15.0. The van der Waals surface area contributed by atoms with Crippen molar-refractivity contribution in [3.8, 4) is 0 Å². The van der Waals surface area contributed by atoms with Crippen molar-refractivity contribution in [1.82, 2.24) is 14.7 Å². The van der Waals surface area contributed by atoms with Gasteiger partial charge in [0.2, 0.25) is 0 Å². The van der Waals surface area contributed by atoms with E-state index in [1.807, 2.05) is 7.11 Å². The smallest absolute Gasteiger partial charge is 0.186 e. The zero-order valence-corrected chi connectivity index (χ0v) is 21.9. The van der Waals surface area contributed by atoms with Gasteiger partial charge >= 0.3 is 0 Å². The molecular formula is C23H53N3OSi. The maximum Gasteiger partial charge on any atom is 0.186 e. The summed E-state index contributed by atoms with van der Waals surface area (Å²) in [4.78, 5) is 8.08. The average molecular weight is 416 g/mol. The van der Waals surface area contributed by atoms with Crippen LogP contribution in [0.5, 0.6) is 0 Å². The Labute approximate surface area is 179 Å². The minimum absolute atomic E-state index is 0.271. The van der Waals surface area contributed by atoms with Crippen LogP contribution in [0.1, 0.15) is 60.8 Å². The summed E-state index contributed by atoms with van der Waals surface area (Å²) in [5, 5.41) is 0. The fraction of sp³-hybridized carbons (Fsp3) is 1.00. The molecule has 0 bridgehead atoms. The molecule has 4 nitrogen and oxygen atoms in total. The van der Waals surface area contributed by atoms with E-state index in [1.165, 1.54) is 64.6 Å². The SMILES string of the molecule is CCCN(CC)CC(CN(CC)CCC)(CN(CC)CCC)C[Si](C)(C)OC. The standard InChI is InChI=1S/C23H53N3OSi/c1-10-16-24(13-4)19-23(22-28(8,9)27-7,20-25(14-5)17-11-2)21-26(15-6)18-12-3/h10-22H2,1-9H3. The Morgan fingerprint density at radius 1 is 0.643 bits per heavy atom. The second-order valence-corrected chi connectivity index (χ2v) is 13.5. The van der Waals surface area contributed by atoms with Crippen LogP contribution in [-0.4, -0.2) is 89.0 Å². The summed E-state index contributed by atoms with van der Waals surface area (Å²) in [6, 6.07) is 1.23. The minimum atomic E-state index is -1.70. The lowest BCUT2D eigenvalue weighted by Crippen LogP contribution is -2.55. The molecule has 0 atom stereocenters. The highest BCUT2D eigenvalue weighted by molar-refractivity contribution is 6.71. The number of hydrogen-bond acceptors (Lipinski definition) is 4. The topological polar surface area (TPSA) is 19.0 Å². The van der Waals surface area contributed by atoms with Gasteiger partial charge in [-0.25, -0.2) is 0 Å². The van der Waals surface area contributed by atoms with E-state index in [1.54, 1.807) is 0 Å². The Bertz CT molecular complexity index is 338. The molecule has 0 saturated carbocycles. The van der Waals surface area contributed by atoms with Gasteiger partial charge in [0.15, 0.2) is 8.32 Å². The van der Waals surface area contributed by atoms with Gasteiger partial charge in [0.1, 0.15) is 0 Å². The monoisotopic (exact) mass is 415 g/mol. The van der Waals surface area contributed by atoms with Crippen LogP contribution in [0.2, 0.25) is 19.1 Å². The number of nitrogens with zero attached hydrogens (tertiary/aromatic N) is 3. The Balaban J connectivity index is 5.95. The van der Waals surface area contributed by atoms with Crippen LogP contribution in [0, 0.1) is 5.41 Å². The van der Waals surface area contributed by atoms with Crippen LogP contribution in [-0.2, 0) is 4.43 Å². The lowest BCUT2D eigenvalue weighted by Gasteiger charge is -2.46. The molecule has 0 rings (SSSR count). The molecule has 0 aromatic rings. The summed E-state index contributed by atoms with van der Waals surface area (Å²) in [5.41, 5.74) is 0.271. The van der Waals surface area contributed by atoms with Crippen LogP contribution in [0.25, 0.3) is 0 Å². The summed E-state index contributed by atoms with van der Waals surface area (Å²) in [6.45, 7) is 29.3. The van der Waals surface area contributed by atoms with Crippen molar-refractivity contribution >= 4 is 8.32 Å². The zero-order valence-electron chi connectivity index (χ0n) is 20.9. The van der Waals surface area contributed by atoms with Crippen molar-refractivity contribution < 1.29 is 4.43 Å². The Morgan fingerprint density at radius 3 is 1.18 bits per heavy atom. The van der Waals surface area contributed by atoms with Crippen molar-refractivity contribution in [2.24, 2.45) is 5.41 Å². The molecule has 5 heteroatoms. The van der Waals surface area contributed by atoms with Crippen LogP contribution < -0.4 is 0 Å². The summed E-state index contributed by atoms with van der Waals surface area (Å²) in [5.74, 6) is 0. The van der Waals surface area contributed by atoms with Gasteiger partial charge in [-0.3, -0.25) is 0 Å². The molecule has 0 heterocycles. The van der Waals surface area contributed by atoms with Gasteiger partial charge < -0.3 is 19.1 Å². The largest absolute Gasteiger partial charge is 0.420 e. The molecule has 0 saturated heterocycles. The second-order valence-electron chi connectivity index (χ2n) is 9.25. The molecule has 0 fully saturated rings. The van der Waals surface area contributed by atoms with Crippen LogP contribution >= 0.6 is 0 Å². The molecule has 0 aliphatic rings. The molecule has 170 valence electrons. The van der Waals surface area contributed by atoms with Gasteiger partial charge in [-0.1, -0.05) is 41.5 Å². The quantitative estimate of drug-likeness (QED) is 0.293. The molecule has 0 aliphatic carbocycles. The lowest BCUT2D eigenvalue weighted by molar-refractivity contribution is 0.0673. The summed E-state index contributed by atoms with van der Waals surface area (Å²) in [7, 11) is 0.238. The fourth-order valence-corrected chi connectivity index (χ4v) is 7.00. The van der Waals surface area contributed by atoms with Crippen LogP contribution in [0.4, 0.5) is 0 Å². The predicted molar refractivity (Wildman–Crippen MR) is 129 cm³/mol. The highest BCUT2D eigenvalue weighted by Gasteiger charge is 2.41. The van der Waals surface area contributed by atoms with Gasteiger partial charge in [0.05, 0.1) is 0 Å². The van der Waals surface area contributed by atoms with Crippen molar-refractivity contribution in [2.45, 2.75) is 79.9 Å². The third-order valence-corrected chi connectivity index (χ3v) is 8.70. The van der Waals surface area contributed by atoms with E-state index in [4.69, 9.17) is 4.43 Å². The van der Waals surface area contributed by atoms with E-state index in [2.05, 4.69) is 69.3 Å². The first-order chi connectivity index (χ1) is 13.2. The highest BCUT2D eigenvalue weighted by atomic mass is 28.4. The van der Waals surface area contributed by atoms with E-state index in [9.17, 15) is 0 Å². The molecule has 0 spiro atoms. The molecule has 0 amide bonds. The minimum Gasteiger partial charge on any atom is -0.420 e. The predicted octanol–water partition coefficient (Wildman–Crippen LogP) is 5.02. The molecule has 0 aliphatic heterocycles. The maximum atomic E-state index is 6.10. The van der Waals surface area contributed by atoms with Crippen LogP contribution in [0.3, 0.4) is 0 Å². The fourth-order valence-electron chi connectivity index (χ4n) is 4.71. The van der Waals surface area contributed by atoms with Crippen molar-refractivity contribution in [3.63, 3.8) is 0 Å². The molecule has 28 heavy (non-hydrogen) atoms. The lowest BCUT2D eigenvalue weighted by atomic mass is 9.87. The van der Waals surface area contributed by atoms with Gasteiger partial charge in [0.25, 0.3) is 0 Å². The second kappa shape index (κ2) is 14.9. The van der Waals surface area contributed by atoms with E-state index >= 15 is 0 Å². The first kappa shape index (κ1) is 28.1. The number of rotatable bonds is 18. The Hall–Kier alpha value is 0.0569. The zero-order chi connectivity index (χ0) is 21.6. The van der Waals surface area contributed by atoms with E-state index in [0.29, 0.717) is 0 Å². The van der Waals surface area contributed by atoms with Crippen molar-refractivity contribution in [2.75, 3.05) is 66.0 Å². The van der Waals surface area contributed by atoms with E-state index in [0.717, 1.165) is 19.6 Å². The summed E-state index contributed by atoms with van der Waals surface area (Å²) >= 11 is 0.